The predicted octanol–water partition coefficient (Wildman–Crippen LogP) is 4.16. The molecule has 0 radical (unpaired) electrons. The van der Waals surface area contributed by atoms with Gasteiger partial charge in [0.15, 0.2) is 0 Å². The van der Waals surface area contributed by atoms with Crippen molar-refractivity contribution in [3.05, 3.63) is 53.5 Å². The molecule has 0 aliphatic carbocycles. The third-order valence-corrected chi connectivity index (χ3v) is 9.86. The highest BCUT2D eigenvalue weighted by molar-refractivity contribution is 7.88. The van der Waals surface area contributed by atoms with Crippen LogP contribution in [0.15, 0.2) is 30.9 Å². The Labute approximate surface area is 257 Å². The van der Waals surface area contributed by atoms with Crippen molar-refractivity contribution in [3.63, 3.8) is 0 Å². The summed E-state index contributed by atoms with van der Waals surface area (Å²) >= 11 is 1.32. The quantitative estimate of drug-likeness (QED) is 0.415. The molecule has 2 aromatic rings. The Kier molecular flexibility index (Phi) is 9.50. The first-order valence-electron chi connectivity index (χ1n) is 14.9. The molecule has 0 bridgehead atoms. The van der Waals surface area contributed by atoms with Gasteiger partial charge in [-0.3, -0.25) is 9.69 Å². The fraction of sp³-hybridized carbons (Fsp3) is 0.531. The minimum Gasteiger partial charge on any atom is -0.461 e. The smallest absolute Gasteiger partial charge is 0.318 e. The van der Waals surface area contributed by atoms with E-state index in [1.54, 1.807) is 11.0 Å². The lowest BCUT2D eigenvalue weighted by Crippen LogP contribution is -2.55. The van der Waals surface area contributed by atoms with Crippen LogP contribution in [0.2, 0.25) is 0 Å². The fourth-order valence-corrected chi connectivity index (χ4v) is 7.39. The number of ether oxygens (including phenoxy) is 1. The van der Waals surface area contributed by atoms with Crippen molar-refractivity contribution >= 4 is 28.6 Å². The van der Waals surface area contributed by atoms with Gasteiger partial charge in [0.05, 0.1) is 36.3 Å². The average molecular weight is 606 g/mol. The summed E-state index contributed by atoms with van der Waals surface area (Å²) in [6, 6.07) is 7.44. The van der Waals surface area contributed by atoms with Gasteiger partial charge in [0.25, 0.3) is 0 Å². The van der Waals surface area contributed by atoms with Crippen molar-refractivity contribution in [2.75, 3.05) is 61.9 Å². The Morgan fingerprint density at radius 3 is 2.84 bits per heavy atom. The van der Waals surface area contributed by atoms with Crippen molar-refractivity contribution in [3.8, 4) is 17.8 Å². The highest BCUT2D eigenvalue weighted by Gasteiger charge is 2.40. The predicted molar refractivity (Wildman–Crippen MR) is 168 cm³/mol. The van der Waals surface area contributed by atoms with E-state index in [0.29, 0.717) is 44.4 Å². The number of rotatable bonds is 8. The maximum absolute atomic E-state index is 14.5. The molecule has 4 heterocycles. The van der Waals surface area contributed by atoms with Gasteiger partial charge in [-0.05, 0) is 64.4 Å². The second-order valence-electron chi connectivity index (χ2n) is 11.7. The fourth-order valence-electron chi connectivity index (χ4n) is 6.63. The highest BCUT2D eigenvalue weighted by Crippen LogP contribution is 2.34. The first kappa shape index (κ1) is 30.7. The number of nitrogens with zero attached hydrogens (tertiary/aromatic N) is 7. The van der Waals surface area contributed by atoms with Crippen LogP contribution >= 0.6 is 11.2 Å². The van der Waals surface area contributed by atoms with Crippen molar-refractivity contribution in [2.24, 2.45) is 0 Å². The van der Waals surface area contributed by atoms with Crippen molar-refractivity contribution in [2.45, 2.75) is 57.2 Å². The van der Waals surface area contributed by atoms with E-state index in [4.69, 9.17) is 20.4 Å². The van der Waals surface area contributed by atoms with Crippen LogP contribution in [-0.4, -0.2) is 89.4 Å². The largest absolute Gasteiger partial charge is 0.461 e. The van der Waals surface area contributed by atoms with Gasteiger partial charge in [0.1, 0.15) is 18.2 Å². The molecule has 0 saturated carbocycles. The lowest BCUT2D eigenvalue weighted by molar-refractivity contribution is -0.128. The molecule has 2 fully saturated rings. The third kappa shape index (κ3) is 6.32. The molecule has 9 nitrogen and oxygen atoms in total. The number of carbonyl (C=O) groups excluding carboxylic acids is 1. The molecule has 228 valence electrons. The van der Waals surface area contributed by atoms with E-state index >= 15 is 0 Å². The van der Waals surface area contributed by atoms with E-state index in [2.05, 4.69) is 34.4 Å². The molecule has 1 unspecified atom stereocenters. The van der Waals surface area contributed by atoms with Crippen LogP contribution in [0.4, 0.5) is 15.9 Å². The standard InChI is InChI=1S/C32H40FN7O2S/c1-5-29(41)40-18-17-39(19-24(40)12-14-34)30-25-9-7-16-38(28-11-6-10-26(33)23(28)2)20-27(25)35-31(36-30)42-21-32(22-43-4)13-8-15-37(32)3/h4-6,10-11,24H,1,7-9,12-13,15-22H2,2-3H3/t24?,32-/m0/s1. The molecule has 1 aromatic heterocycles. The van der Waals surface area contributed by atoms with Gasteiger partial charge in [0, 0.05) is 48.7 Å². The first-order valence-corrected chi connectivity index (χ1v) is 16.0. The van der Waals surface area contributed by atoms with E-state index in [0.717, 1.165) is 67.3 Å². The van der Waals surface area contributed by atoms with Crippen LogP contribution in [0.3, 0.4) is 0 Å². The van der Waals surface area contributed by atoms with Gasteiger partial charge < -0.3 is 19.4 Å². The molecular formula is C32H40FN7O2S. The van der Waals surface area contributed by atoms with Crippen molar-refractivity contribution in [1.82, 2.24) is 19.8 Å². The topological polar surface area (TPSA) is 88.8 Å². The van der Waals surface area contributed by atoms with Gasteiger partial charge in [-0.15, -0.1) is 16.9 Å². The summed E-state index contributed by atoms with van der Waals surface area (Å²) in [5.74, 6) is 1.13. The SMILES string of the molecule is C#SC[C@@]1(COc2nc3c(c(N4CCN(C(=O)C=C)C(CC#N)C4)n2)CCCN(c2cccc(F)c2C)C3)CCCN1C. The average Bonchev–Trinajstić information content (AvgIpc) is 3.22. The van der Waals surface area contributed by atoms with E-state index in [1.165, 1.54) is 23.3 Å². The molecule has 1 amide bonds. The number of anilines is 2. The molecule has 2 saturated heterocycles. The Morgan fingerprint density at radius 1 is 1.28 bits per heavy atom. The summed E-state index contributed by atoms with van der Waals surface area (Å²) in [6.45, 7) is 9.58. The highest BCUT2D eigenvalue weighted by atomic mass is 32.1. The monoisotopic (exact) mass is 605 g/mol. The molecule has 11 heteroatoms. The summed E-state index contributed by atoms with van der Waals surface area (Å²) in [5.41, 5.74) is 9.09. The number of hydrogen-bond acceptors (Lipinski definition) is 8. The summed E-state index contributed by atoms with van der Waals surface area (Å²) in [6.07, 6.45) is 5.17. The molecule has 2 atom stereocenters. The number of nitriles is 1. The number of carbonyl (C=O) groups is 1. The van der Waals surface area contributed by atoms with Gasteiger partial charge in [0.2, 0.25) is 5.91 Å². The number of piperazine rings is 1. The number of likely N-dealkylation sites (tertiary alicyclic amines) is 1. The lowest BCUT2D eigenvalue weighted by Gasteiger charge is -2.41. The van der Waals surface area contributed by atoms with Gasteiger partial charge in [-0.1, -0.05) is 12.6 Å². The van der Waals surface area contributed by atoms with Gasteiger partial charge in [-0.2, -0.15) is 15.2 Å². The third-order valence-electron chi connectivity index (χ3n) is 9.16. The second-order valence-corrected chi connectivity index (χ2v) is 12.3. The van der Waals surface area contributed by atoms with Crippen molar-refractivity contribution < 1.29 is 13.9 Å². The summed E-state index contributed by atoms with van der Waals surface area (Å²) < 4.78 is 21.0. The van der Waals surface area contributed by atoms with Gasteiger partial charge in [-0.25, -0.2) is 4.39 Å². The van der Waals surface area contributed by atoms with Crippen LogP contribution < -0.4 is 14.5 Å². The normalized spacial score (nSPS) is 22.4. The number of amides is 1. The Bertz CT molecular complexity index is 1460. The molecule has 3 aliphatic rings. The number of halogens is 1. The lowest BCUT2D eigenvalue weighted by atomic mass is 10.0. The molecule has 3 aliphatic heterocycles. The van der Waals surface area contributed by atoms with E-state index in [9.17, 15) is 14.4 Å². The van der Waals surface area contributed by atoms with Crippen LogP contribution in [0.25, 0.3) is 0 Å². The summed E-state index contributed by atoms with van der Waals surface area (Å²) in [5, 5.41) is 9.54. The van der Waals surface area contributed by atoms with E-state index in [1.807, 2.05) is 13.0 Å². The van der Waals surface area contributed by atoms with Crippen LogP contribution in [0, 0.1) is 29.8 Å². The van der Waals surface area contributed by atoms with Gasteiger partial charge >= 0.3 is 6.01 Å². The van der Waals surface area contributed by atoms with Crippen LogP contribution in [-0.2, 0) is 17.8 Å². The Balaban J connectivity index is 1.52. The summed E-state index contributed by atoms with van der Waals surface area (Å²) in [7, 11) is 2.11. The molecular weight excluding hydrogens is 565 g/mol. The zero-order chi connectivity index (χ0) is 30.6. The second kappa shape index (κ2) is 13.3. The van der Waals surface area contributed by atoms with E-state index < -0.39 is 0 Å². The number of likely N-dealkylation sites (N-methyl/N-ethyl adjacent to an activating group) is 1. The maximum atomic E-state index is 14.5. The minimum atomic E-state index is -0.284. The molecule has 43 heavy (non-hydrogen) atoms. The zero-order valence-corrected chi connectivity index (χ0v) is 25.9. The Hall–Kier alpha value is -3.71. The van der Waals surface area contributed by atoms with Crippen LogP contribution in [0.5, 0.6) is 6.01 Å². The van der Waals surface area contributed by atoms with Crippen molar-refractivity contribution in [1.29, 1.82) is 5.26 Å². The minimum absolute atomic E-state index is 0.171. The molecule has 1 aromatic carbocycles. The summed E-state index contributed by atoms with van der Waals surface area (Å²) in [4.78, 5) is 30.9. The maximum Gasteiger partial charge on any atom is 0.318 e. The first-order chi connectivity index (χ1) is 20.8. The molecule has 0 N–H and O–H groups in total. The Morgan fingerprint density at radius 2 is 2.12 bits per heavy atom. The number of aromatic nitrogens is 2. The molecule has 0 spiro atoms. The number of hydrogen-bond donors (Lipinski definition) is 0. The molecule has 5 rings (SSSR count). The zero-order valence-electron chi connectivity index (χ0n) is 25.1. The number of fused-ring (bicyclic) bond motifs is 1. The van der Waals surface area contributed by atoms with E-state index in [-0.39, 0.29) is 29.7 Å². The van der Waals surface area contributed by atoms with Crippen LogP contribution in [0.1, 0.15) is 42.5 Å². The number of benzene rings is 1.